The first-order valence-electron chi connectivity index (χ1n) is 8.52. The Labute approximate surface area is 152 Å². The molecule has 0 N–H and O–H groups in total. The molecule has 0 bridgehead atoms. The number of carbonyl (C=O) groups is 1. The minimum absolute atomic E-state index is 0.125. The Bertz CT molecular complexity index is 729. The van der Waals surface area contributed by atoms with Gasteiger partial charge in [-0.15, -0.1) is 5.10 Å². The number of ether oxygens (including phenoxy) is 1. The van der Waals surface area contributed by atoms with Gasteiger partial charge < -0.3 is 9.64 Å². The zero-order chi connectivity index (χ0) is 18.0. The summed E-state index contributed by atoms with van der Waals surface area (Å²) in [4.78, 5) is 18.1. The highest BCUT2D eigenvalue weighted by Crippen LogP contribution is 2.26. The van der Waals surface area contributed by atoms with Gasteiger partial charge in [0.05, 0.1) is 23.7 Å². The first kappa shape index (κ1) is 17.8. The van der Waals surface area contributed by atoms with Gasteiger partial charge in [-0.1, -0.05) is 18.3 Å². The number of hydrogen-bond acceptors (Lipinski definition) is 6. The second kappa shape index (κ2) is 7.49. The molecule has 1 aliphatic heterocycles. The van der Waals surface area contributed by atoms with Crippen molar-refractivity contribution < 1.29 is 9.53 Å². The van der Waals surface area contributed by atoms with Gasteiger partial charge in [0.2, 0.25) is 5.91 Å². The van der Waals surface area contributed by atoms with Crippen LogP contribution >= 0.6 is 11.5 Å². The average molecular weight is 360 g/mol. The topological polar surface area (TPSA) is 58.6 Å². The molecule has 0 aliphatic carbocycles. The van der Waals surface area contributed by atoms with E-state index >= 15 is 0 Å². The molecular weight excluding hydrogens is 336 g/mol. The van der Waals surface area contributed by atoms with Crippen LogP contribution in [-0.2, 0) is 11.3 Å². The van der Waals surface area contributed by atoms with Gasteiger partial charge in [0.15, 0.2) is 0 Å². The summed E-state index contributed by atoms with van der Waals surface area (Å²) in [5.74, 6) is 1.27. The molecular formula is C18H24N4O2S. The molecule has 0 saturated carbocycles. The van der Waals surface area contributed by atoms with Crippen molar-refractivity contribution in [3.63, 3.8) is 0 Å². The molecule has 7 heteroatoms. The maximum Gasteiger partial charge on any atom is 0.244 e. The quantitative estimate of drug-likeness (QED) is 0.820. The van der Waals surface area contributed by atoms with Crippen LogP contribution in [-0.4, -0.2) is 46.6 Å². The van der Waals surface area contributed by atoms with E-state index in [1.807, 2.05) is 36.1 Å². The smallest absolute Gasteiger partial charge is 0.244 e. The molecule has 1 aromatic carbocycles. The number of hydrogen-bond donors (Lipinski definition) is 0. The van der Waals surface area contributed by atoms with E-state index in [0.717, 1.165) is 35.1 Å². The summed E-state index contributed by atoms with van der Waals surface area (Å²) in [6.07, 6.45) is 0. The fourth-order valence-electron chi connectivity index (χ4n) is 3.10. The Balaban J connectivity index is 1.71. The van der Waals surface area contributed by atoms with Crippen LogP contribution < -0.4 is 9.64 Å². The number of amides is 1. The summed E-state index contributed by atoms with van der Waals surface area (Å²) in [5.41, 5.74) is 1.96. The third-order valence-electron chi connectivity index (χ3n) is 4.64. The van der Waals surface area contributed by atoms with E-state index in [4.69, 9.17) is 4.74 Å². The summed E-state index contributed by atoms with van der Waals surface area (Å²) >= 11 is 1.43. The van der Waals surface area contributed by atoms with Gasteiger partial charge in [-0.25, -0.2) is 0 Å². The van der Waals surface area contributed by atoms with Crippen molar-refractivity contribution in [1.29, 1.82) is 0 Å². The van der Waals surface area contributed by atoms with Gasteiger partial charge in [0.1, 0.15) is 5.75 Å². The standard InChI is InChI=1S/C18H24N4O2S/c1-12(2)17-16(25-20-19-17)11-21-9-10-22(18(23)13(21)3)14-5-7-15(24-4)8-6-14/h5-8,12-13H,9-11H2,1-4H3. The normalized spacial score (nSPS) is 18.8. The second-order valence-corrected chi connectivity index (χ2v) is 7.41. The third-order valence-corrected chi connectivity index (χ3v) is 5.37. The van der Waals surface area contributed by atoms with Crippen LogP contribution in [0.3, 0.4) is 0 Å². The number of anilines is 1. The minimum atomic E-state index is -0.169. The summed E-state index contributed by atoms with van der Waals surface area (Å²) in [5, 5.41) is 4.24. The van der Waals surface area contributed by atoms with Gasteiger partial charge in [-0.3, -0.25) is 9.69 Å². The van der Waals surface area contributed by atoms with Crippen LogP contribution in [0.5, 0.6) is 5.75 Å². The summed E-state index contributed by atoms with van der Waals surface area (Å²) in [6, 6.07) is 7.47. The molecule has 3 rings (SSSR count). The molecule has 25 heavy (non-hydrogen) atoms. The molecule has 1 unspecified atom stereocenters. The van der Waals surface area contributed by atoms with Crippen molar-refractivity contribution in [2.45, 2.75) is 39.3 Å². The van der Waals surface area contributed by atoms with Gasteiger partial charge in [-0.2, -0.15) is 0 Å². The number of benzene rings is 1. The fourth-order valence-corrected chi connectivity index (χ4v) is 3.92. The molecule has 134 valence electrons. The number of methoxy groups -OCH3 is 1. The lowest BCUT2D eigenvalue weighted by Gasteiger charge is -2.39. The van der Waals surface area contributed by atoms with Crippen molar-refractivity contribution in [3.05, 3.63) is 34.8 Å². The molecule has 1 saturated heterocycles. The lowest BCUT2D eigenvalue weighted by molar-refractivity contribution is -0.125. The molecule has 0 radical (unpaired) electrons. The zero-order valence-electron chi connectivity index (χ0n) is 15.1. The average Bonchev–Trinajstić information content (AvgIpc) is 3.08. The maximum atomic E-state index is 12.9. The number of aromatic nitrogens is 2. The lowest BCUT2D eigenvalue weighted by atomic mass is 10.1. The summed E-state index contributed by atoms with van der Waals surface area (Å²) in [7, 11) is 1.64. The maximum absolute atomic E-state index is 12.9. The third kappa shape index (κ3) is 3.67. The second-order valence-electron chi connectivity index (χ2n) is 6.57. The summed E-state index contributed by atoms with van der Waals surface area (Å²) < 4.78 is 9.28. The Morgan fingerprint density at radius 2 is 2.00 bits per heavy atom. The highest BCUT2D eigenvalue weighted by Gasteiger charge is 2.33. The first-order chi connectivity index (χ1) is 12.0. The van der Waals surface area contributed by atoms with Crippen LogP contribution in [0.1, 0.15) is 37.3 Å². The highest BCUT2D eigenvalue weighted by atomic mass is 32.1. The highest BCUT2D eigenvalue weighted by molar-refractivity contribution is 7.05. The minimum Gasteiger partial charge on any atom is -0.497 e. The van der Waals surface area contributed by atoms with Gasteiger partial charge in [0, 0.05) is 25.3 Å². The van der Waals surface area contributed by atoms with Crippen molar-refractivity contribution in [1.82, 2.24) is 14.5 Å². The van der Waals surface area contributed by atoms with Gasteiger partial charge in [0.25, 0.3) is 0 Å². The molecule has 6 nitrogen and oxygen atoms in total. The predicted molar refractivity (Wildman–Crippen MR) is 99.2 cm³/mol. The SMILES string of the molecule is COc1ccc(N2CCN(Cc3snnc3C(C)C)C(C)C2=O)cc1. The Morgan fingerprint density at radius 3 is 2.64 bits per heavy atom. The number of nitrogens with zero attached hydrogens (tertiary/aromatic N) is 4. The number of piperazine rings is 1. The van der Waals surface area contributed by atoms with E-state index in [9.17, 15) is 4.79 Å². The van der Waals surface area contributed by atoms with Crippen LogP contribution in [0.15, 0.2) is 24.3 Å². The largest absolute Gasteiger partial charge is 0.497 e. The van der Waals surface area contributed by atoms with E-state index in [1.54, 1.807) is 7.11 Å². The van der Waals surface area contributed by atoms with E-state index < -0.39 is 0 Å². The molecule has 2 aromatic rings. The van der Waals surface area contributed by atoms with Crippen LogP contribution in [0, 0.1) is 0 Å². The van der Waals surface area contributed by atoms with Crippen molar-refractivity contribution >= 4 is 23.1 Å². The van der Waals surface area contributed by atoms with Crippen molar-refractivity contribution in [2.75, 3.05) is 25.1 Å². The Kier molecular flexibility index (Phi) is 5.34. The molecule has 1 aromatic heterocycles. The molecule has 1 aliphatic rings. The first-order valence-corrected chi connectivity index (χ1v) is 9.29. The Morgan fingerprint density at radius 1 is 1.28 bits per heavy atom. The Hall–Kier alpha value is -1.99. The molecule has 0 spiro atoms. The van der Waals surface area contributed by atoms with E-state index in [-0.39, 0.29) is 11.9 Å². The molecule has 2 heterocycles. The van der Waals surface area contributed by atoms with Crippen LogP contribution in [0.4, 0.5) is 5.69 Å². The molecule has 1 atom stereocenters. The van der Waals surface area contributed by atoms with Gasteiger partial charge in [-0.05, 0) is 48.6 Å². The van der Waals surface area contributed by atoms with E-state index in [1.165, 1.54) is 11.5 Å². The molecule has 1 amide bonds. The van der Waals surface area contributed by atoms with Gasteiger partial charge >= 0.3 is 0 Å². The van der Waals surface area contributed by atoms with Crippen molar-refractivity contribution in [3.8, 4) is 5.75 Å². The van der Waals surface area contributed by atoms with Crippen LogP contribution in [0.2, 0.25) is 0 Å². The zero-order valence-corrected chi connectivity index (χ0v) is 15.9. The lowest BCUT2D eigenvalue weighted by Crippen LogP contribution is -2.55. The van der Waals surface area contributed by atoms with E-state index in [0.29, 0.717) is 12.5 Å². The van der Waals surface area contributed by atoms with Crippen molar-refractivity contribution in [2.24, 2.45) is 0 Å². The van der Waals surface area contributed by atoms with Crippen LogP contribution in [0.25, 0.3) is 0 Å². The fraction of sp³-hybridized carbons (Fsp3) is 0.500. The number of rotatable bonds is 5. The van der Waals surface area contributed by atoms with E-state index in [2.05, 4.69) is 28.3 Å². The predicted octanol–water partition coefficient (Wildman–Crippen LogP) is 2.91. The number of carbonyl (C=O) groups excluding carboxylic acids is 1. The molecule has 1 fully saturated rings. The monoisotopic (exact) mass is 360 g/mol. The summed E-state index contributed by atoms with van der Waals surface area (Å²) in [6.45, 7) is 8.45.